The van der Waals surface area contributed by atoms with E-state index in [1.54, 1.807) is 31.4 Å². The first-order chi connectivity index (χ1) is 14.9. The van der Waals surface area contributed by atoms with Crippen molar-refractivity contribution in [1.29, 1.82) is 0 Å². The number of amides is 3. The lowest BCUT2D eigenvalue weighted by Crippen LogP contribution is -2.40. The quantitative estimate of drug-likeness (QED) is 0.714. The summed E-state index contributed by atoms with van der Waals surface area (Å²) in [6.45, 7) is 3.93. The number of nitrogens with one attached hydrogen (secondary N) is 2. The standard InChI is InChI=1S/C23H26N4O4/c1-15(2)16-4-6-17(7-5-16)24-21(28)14-27-22(29)13-12-20(26-27)23(30)25-18-8-10-19(31-3)11-9-18/h4-11,15H,12-14H2,1-3H3,(H,24,28)(H,25,30). The third-order valence-corrected chi connectivity index (χ3v) is 4.87. The SMILES string of the molecule is COc1ccc(NC(=O)C2=NN(CC(=O)Nc3ccc(C(C)C)cc3)C(=O)CC2)cc1. The monoisotopic (exact) mass is 422 g/mol. The molecule has 0 bridgehead atoms. The van der Waals surface area contributed by atoms with E-state index in [-0.39, 0.29) is 36.9 Å². The van der Waals surface area contributed by atoms with Crippen LogP contribution in [0.15, 0.2) is 53.6 Å². The summed E-state index contributed by atoms with van der Waals surface area (Å²) in [5, 5.41) is 10.7. The molecule has 1 aliphatic heterocycles. The van der Waals surface area contributed by atoms with Crippen LogP contribution in [0.5, 0.6) is 5.75 Å². The lowest BCUT2D eigenvalue weighted by atomic mass is 10.0. The van der Waals surface area contributed by atoms with Gasteiger partial charge in [0, 0.05) is 24.2 Å². The van der Waals surface area contributed by atoms with Crippen molar-refractivity contribution < 1.29 is 19.1 Å². The van der Waals surface area contributed by atoms with E-state index in [4.69, 9.17) is 4.74 Å². The van der Waals surface area contributed by atoms with Crippen LogP contribution in [0.4, 0.5) is 11.4 Å². The normalized spacial score (nSPS) is 13.6. The minimum atomic E-state index is -0.410. The Kier molecular flexibility index (Phi) is 7.02. The van der Waals surface area contributed by atoms with Gasteiger partial charge in [-0.25, -0.2) is 5.01 Å². The average molecular weight is 422 g/mol. The fraction of sp³-hybridized carbons (Fsp3) is 0.304. The van der Waals surface area contributed by atoms with Gasteiger partial charge in [-0.05, 0) is 47.9 Å². The summed E-state index contributed by atoms with van der Waals surface area (Å²) in [4.78, 5) is 37.1. The third-order valence-electron chi connectivity index (χ3n) is 4.87. The number of hydrazone groups is 1. The molecule has 0 saturated carbocycles. The Labute approximate surface area is 181 Å². The molecule has 0 saturated heterocycles. The summed E-state index contributed by atoms with van der Waals surface area (Å²) in [7, 11) is 1.56. The van der Waals surface area contributed by atoms with E-state index in [9.17, 15) is 14.4 Å². The molecule has 1 heterocycles. The molecule has 3 rings (SSSR count). The number of hydrogen-bond donors (Lipinski definition) is 2. The fourth-order valence-corrected chi connectivity index (χ4v) is 3.05. The average Bonchev–Trinajstić information content (AvgIpc) is 2.76. The van der Waals surface area contributed by atoms with Gasteiger partial charge in [0.2, 0.25) is 11.8 Å². The van der Waals surface area contributed by atoms with Crippen LogP contribution < -0.4 is 15.4 Å². The van der Waals surface area contributed by atoms with E-state index in [2.05, 4.69) is 29.6 Å². The van der Waals surface area contributed by atoms with Crippen LogP contribution in [0.1, 0.15) is 38.2 Å². The predicted octanol–water partition coefficient (Wildman–Crippen LogP) is 3.37. The molecule has 8 heteroatoms. The van der Waals surface area contributed by atoms with Crippen molar-refractivity contribution in [1.82, 2.24) is 5.01 Å². The van der Waals surface area contributed by atoms with E-state index >= 15 is 0 Å². The molecule has 162 valence electrons. The number of nitrogens with zero attached hydrogens (tertiary/aromatic N) is 2. The Morgan fingerprint density at radius 2 is 1.61 bits per heavy atom. The highest BCUT2D eigenvalue weighted by atomic mass is 16.5. The lowest BCUT2D eigenvalue weighted by molar-refractivity contribution is -0.135. The van der Waals surface area contributed by atoms with Gasteiger partial charge in [0.05, 0.1) is 7.11 Å². The van der Waals surface area contributed by atoms with E-state index in [0.29, 0.717) is 23.0 Å². The van der Waals surface area contributed by atoms with Crippen LogP contribution in [0.2, 0.25) is 0 Å². The van der Waals surface area contributed by atoms with E-state index < -0.39 is 5.91 Å². The predicted molar refractivity (Wildman–Crippen MR) is 119 cm³/mol. The molecule has 0 fully saturated rings. The highest BCUT2D eigenvalue weighted by molar-refractivity contribution is 6.43. The van der Waals surface area contributed by atoms with Gasteiger partial charge in [-0.3, -0.25) is 14.4 Å². The third kappa shape index (κ3) is 5.91. The number of benzene rings is 2. The van der Waals surface area contributed by atoms with Crippen LogP contribution in [0, 0.1) is 0 Å². The van der Waals surface area contributed by atoms with Gasteiger partial charge in [-0.15, -0.1) is 0 Å². The summed E-state index contributed by atoms with van der Waals surface area (Å²) in [5.74, 6) is -0.0213. The van der Waals surface area contributed by atoms with Crippen LogP contribution in [-0.4, -0.2) is 42.1 Å². The zero-order valence-corrected chi connectivity index (χ0v) is 17.8. The Balaban J connectivity index is 1.61. The molecule has 0 unspecified atom stereocenters. The van der Waals surface area contributed by atoms with Gasteiger partial charge in [-0.1, -0.05) is 26.0 Å². The van der Waals surface area contributed by atoms with E-state index in [1.807, 2.05) is 24.3 Å². The van der Waals surface area contributed by atoms with Gasteiger partial charge in [0.15, 0.2) is 0 Å². The highest BCUT2D eigenvalue weighted by Crippen LogP contribution is 2.18. The molecule has 3 amide bonds. The number of anilines is 2. The van der Waals surface area contributed by atoms with Crippen LogP contribution in [-0.2, 0) is 14.4 Å². The molecule has 0 radical (unpaired) electrons. The van der Waals surface area contributed by atoms with Crippen molar-refractivity contribution in [3.8, 4) is 5.75 Å². The molecular weight excluding hydrogens is 396 g/mol. The van der Waals surface area contributed by atoms with Gasteiger partial charge in [-0.2, -0.15) is 5.10 Å². The van der Waals surface area contributed by atoms with Crippen LogP contribution in [0.25, 0.3) is 0 Å². The first kappa shape index (κ1) is 22.0. The van der Waals surface area contributed by atoms with Crippen molar-refractivity contribution in [2.75, 3.05) is 24.3 Å². The molecule has 1 aliphatic rings. The molecule has 2 aromatic rings. The van der Waals surface area contributed by atoms with Gasteiger partial charge < -0.3 is 15.4 Å². The zero-order valence-electron chi connectivity index (χ0n) is 17.8. The Hall–Kier alpha value is -3.68. The summed E-state index contributed by atoms with van der Waals surface area (Å²) in [5.41, 5.74) is 2.59. The number of rotatable bonds is 7. The van der Waals surface area contributed by atoms with E-state index in [0.717, 1.165) is 5.01 Å². The first-order valence-electron chi connectivity index (χ1n) is 10.1. The van der Waals surface area contributed by atoms with Crippen molar-refractivity contribution in [3.05, 3.63) is 54.1 Å². The molecule has 2 N–H and O–H groups in total. The Bertz CT molecular complexity index is 982. The topological polar surface area (TPSA) is 100 Å². The minimum absolute atomic E-state index is 0.116. The summed E-state index contributed by atoms with van der Waals surface area (Å²) < 4.78 is 5.09. The molecule has 0 aliphatic carbocycles. The summed E-state index contributed by atoms with van der Waals surface area (Å²) in [6.07, 6.45) is 0.334. The molecule has 8 nitrogen and oxygen atoms in total. The molecule has 0 spiro atoms. The number of methoxy groups -OCH3 is 1. The fourth-order valence-electron chi connectivity index (χ4n) is 3.05. The molecule has 2 aromatic carbocycles. The van der Waals surface area contributed by atoms with Gasteiger partial charge in [0.25, 0.3) is 5.91 Å². The Morgan fingerprint density at radius 1 is 1.00 bits per heavy atom. The number of ether oxygens (including phenoxy) is 1. The molecule has 0 atom stereocenters. The van der Waals surface area contributed by atoms with E-state index in [1.165, 1.54) is 5.56 Å². The second-order valence-electron chi connectivity index (χ2n) is 7.51. The maximum Gasteiger partial charge on any atom is 0.271 e. The van der Waals surface area contributed by atoms with Gasteiger partial charge >= 0.3 is 0 Å². The maximum atomic E-state index is 12.5. The second-order valence-corrected chi connectivity index (χ2v) is 7.51. The summed E-state index contributed by atoms with van der Waals surface area (Å²) >= 11 is 0. The van der Waals surface area contributed by atoms with Crippen molar-refractivity contribution in [2.24, 2.45) is 5.10 Å². The first-order valence-corrected chi connectivity index (χ1v) is 10.1. The smallest absolute Gasteiger partial charge is 0.271 e. The maximum absolute atomic E-state index is 12.5. The zero-order chi connectivity index (χ0) is 22.4. The molecule has 31 heavy (non-hydrogen) atoms. The number of carbonyl (C=O) groups is 3. The number of hydrogen-bond acceptors (Lipinski definition) is 5. The van der Waals surface area contributed by atoms with Gasteiger partial charge in [0.1, 0.15) is 18.0 Å². The Morgan fingerprint density at radius 3 is 2.23 bits per heavy atom. The second kappa shape index (κ2) is 9.88. The molecular formula is C23H26N4O4. The number of carbonyl (C=O) groups excluding carboxylic acids is 3. The lowest BCUT2D eigenvalue weighted by Gasteiger charge is -2.22. The van der Waals surface area contributed by atoms with Crippen molar-refractivity contribution in [2.45, 2.75) is 32.6 Å². The molecule has 0 aromatic heterocycles. The minimum Gasteiger partial charge on any atom is -0.497 e. The summed E-state index contributed by atoms with van der Waals surface area (Å²) in [6, 6.07) is 14.4. The van der Waals surface area contributed by atoms with Crippen molar-refractivity contribution >= 4 is 34.8 Å². The largest absolute Gasteiger partial charge is 0.497 e. The van der Waals surface area contributed by atoms with Crippen LogP contribution >= 0.6 is 0 Å². The van der Waals surface area contributed by atoms with Crippen molar-refractivity contribution in [3.63, 3.8) is 0 Å². The highest BCUT2D eigenvalue weighted by Gasteiger charge is 2.26. The van der Waals surface area contributed by atoms with Crippen LogP contribution in [0.3, 0.4) is 0 Å².